The van der Waals surface area contributed by atoms with Crippen molar-refractivity contribution in [1.29, 1.82) is 0 Å². The lowest BCUT2D eigenvalue weighted by Crippen LogP contribution is -2.44. The summed E-state index contributed by atoms with van der Waals surface area (Å²) in [5.41, 5.74) is 1.64. The quantitative estimate of drug-likeness (QED) is 0.538. The van der Waals surface area contributed by atoms with Gasteiger partial charge in [0.05, 0.1) is 18.2 Å². The molecule has 3 atom stereocenters. The highest BCUT2D eigenvalue weighted by Crippen LogP contribution is 2.45. The van der Waals surface area contributed by atoms with Crippen molar-refractivity contribution in [2.75, 3.05) is 13.7 Å². The van der Waals surface area contributed by atoms with Gasteiger partial charge in [0.25, 0.3) is 0 Å². The van der Waals surface area contributed by atoms with Gasteiger partial charge < -0.3 is 19.9 Å². The topological polar surface area (TPSA) is 102 Å². The van der Waals surface area contributed by atoms with Crippen molar-refractivity contribution >= 4 is 33.6 Å². The molecular weight excluding hydrogens is 430 g/mol. The third kappa shape index (κ3) is 3.53. The van der Waals surface area contributed by atoms with Crippen LogP contribution in [-0.4, -0.2) is 36.5 Å². The van der Waals surface area contributed by atoms with Crippen LogP contribution in [-0.2, 0) is 19.1 Å². The first-order valence-corrected chi connectivity index (χ1v) is 9.87. The summed E-state index contributed by atoms with van der Waals surface area (Å²) in [4.78, 5) is 37.7. The predicted molar refractivity (Wildman–Crippen MR) is 104 cm³/mol. The Balaban J connectivity index is 2.11. The number of hydrogen-bond donors (Lipinski definition) is 2. The van der Waals surface area contributed by atoms with Gasteiger partial charge >= 0.3 is 5.97 Å². The van der Waals surface area contributed by atoms with Crippen LogP contribution < -0.4 is 10.1 Å². The fraction of sp³-hybridized carbons (Fsp3) is 0.450. The van der Waals surface area contributed by atoms with Gasteiger partial charge in [-0.25, -0.2) is 0 Å². The van der Waals surface area contributed by atoms with Gasteiger partial charge in [0, 0.05) is 23.6 Å². The van der Waals surface area contributed by atoms with Crippen LogP contribution in [0.4, 0.5) is 0 Å². The molecule has 0 saturated heterocycles. The molecule has 1 aliphatic heterocycles. The van der Waals surface area contributed by atoms with Gasteiger partial charge in [-0.05, 0) is 52.9 Å². The Morgan fingerprint density at radius 2 is 2.04 bits per heavy atom. The molecule has 3 rings (SSSR count). The Labute approximate surface area is 171 Å². The number of rotatable bonds is 4. The minimum absolute atomic E-state index is 0.0453. The van der Waals surface area contributed by atoms with Crippen molar-refractivity contribution in [2.24, 2.45) is 11.8 Å². The number of halogens is 1. The highest BCUT2D eigenvalue weighted by Gasteiger charge is 2.45. The standard InChI is InChI=1S/C20H22BrNO6/c1-4-28-14-7-10(6-12(21)18(14)24)11-8-15(23)22-13-5-9(2)16(20(26)27-3)19(25)17(11)13/h6-7,9,11,16,24H,4-5,8H2,1-3H3,(H,22,23)/t9-,11+,16-/m1/s1. The first kappa shape index (κ1) is 20.4. The second kappa shape index (κ2) is 7.95. The van der Waals surface area contributed by atoms with E-state index in [4.69, 9.17) is 9.47 Å². The normalized spacial score (nSPS) is 24.5. The molecule has 1 aliphatic carbocycles. The van der Waals surface area contributed by atoms with E-state index in [0.29, 0.717) is 34.3 Å². The maximum atomic E-state index is 13.2. The zero-order valence-corrected chi connectivity index (χ0v) is 17.5. The molecule has 8 heteroatoms. The van der Waals surface area contributed by atoms with E-state index in [9.17, 15) is 19.5 Å². The lowest BCUT2D eigenvalue weighted by molar-refractivity contribution is -0.151. The molecule has 0 unspecified atom stereocenters. The summed E-state index contributed by atoms with van der Waals surface area (Å²) < 4.78 is 10.7. The summed E-state index contributed by atoms with van der Waals surface area (Å²) in [6.45, 7) is 3.94. The van der Waals surface area contributed by atoms with Crippen molar-refractivity contribution in [2.45, 2.75) is 32.6 Å². The molecule has 1 aromatic carbocycles. The van der Waals surface area contributed by atoms with E-state index in [1.807, 2.05) is 0 Å². The predicted octanol–water partition coefficient (Wildman–Crippen LogP) is 2.81. The summed E-state index contributed by atoms with van der Waals surface area (Å²) in [7, 11) is 1.26. The number of phenols is 1. The van der Waals surface area contributed by atoms with Crippen molar-refractivity contribution in [1.82, 2.24) is 5.32 Å². The number of hydrogen-bond acceptors (Lipinski definition) is 6. The Kier molecular flexibility index (Phi) is 5.79. The Hall–Kier alpha value is -2.35. The largest absolute Gasteiger partial charge is 0.503 e. The van der Waals surface area contributed by atoms with Gasteiger partial charge in [0.1, 0.15) is 5.92 Å². The number of ether oxygens (including phenoxy) is 2. The molecule has 0 saturated carbocycles. The average Bonchev–Trinajstić information content (AvgIpc) is 2.64. The molecule has 2 aliphatic rings. The van der Waals surface area contributed by atoms with E-state index >= 15 is 0 Å². The van der Waals surface area contributed by atoms with Crippen LogP contribution >= 0.6 is 15.9 Å². The van der Waals surface area contributed by atoms with Crippen molar-refractivity contribution in [3.05, 3.63) is 33.4 Å². The fourth-order valence-electron chi connectivity index (χ4n) is 3.94. The van der Waals surface area contributed by atoms with Crippen molar-refractivity contribution in [3.63, 3.8) is 0 Å². The molecule has 1 aromatic rings. The number of ketones is 1. The molecule has 28 heavy (non-hydrogen) atoms. The Morgan fingerprint density at radius 1 is 1.32 bits per heavy atom. The van der Waals surface area contributed by atoms with Crippen LogP contribution in [0.3, 0.4) is 0 Å². The maximum absolute atomic E-state index is 13.2. The molecule has 0 radical (unpaired) electrons. The average molecular weight is 452 g/mol. The lowest BCUT2D eigenvalue weighted by Gasteiger charge is -2.36. The third-order valence-electron chi connectivity index (χ3n) is 5.20. The second-order valence-corrected chi connectivity index (χ2v) is 7.88. The summed E-state index contributed by atoms with van der Waals surface area (Å²) in [6.07, 6.45) is 0.469. The number of phenolic OH excluding ortho intramolecular Hbond substituents is 1. The fourth-order valence-corrected chi connectivity index (χ4v) is 4.40. The van der Waals surface area contributed by atoms with Gasteiger partial charge in [0.2, 0.25) is 5.91 Å². The molecule has 0 fully saturated rings. The second-order valence-electron chi connectivity index (χ2n) is 7.03. The minimum Gasteiger partial charge on any atom is -0.503 e. The first-order chi connectivity index (χ1) is 13.3. The molecule has 150 valence electrons. The number of benzene rings is 1. The van der Waals surface area contributed by atoms with E-state index in [1.54, 1.807) is 26.0 Å². The Morgan fingerprint density at radius 3 is 2.68 bits per heavy atom. The van der Waals surface area contributed by atoms with Crippen LogP contribution in [0.15, 0.2) is 27.9 Å². The zero-order valence-electron chi connectivity index (χ0n) is 15.9. The number of allylic oxidation sites excluding steroid dienone is 2. The highest BCUT2D eigenvalue weighted by molar-refractivity contribution is 9.10. The number of esters is 1. The molecule has 1 heterocycles. The van der Waals surface area contributed by atoms with Crippen LogP contribution in [0.5, 0.6) is 11.5 Å². The number of aromatic hydroxyl groups is 1. The number of carbonyl (C=O) groups is 3. The molecule has 1 amide bonds. The Bertz CT molecular complexity index is 878. The van der Waals surface area contributed by atoms with Gasteiger partial charge in [-0.1, -0.05) is 6.92 Å². The van der Waals surface area contributed by atoms with Gasteiger partial charge in [0.15, 0.2) is 17.3 Å². The SMILES string of the molecule is CCOc1cc([C@@H]2CC(=O)NC3=C2C(=O)[C@H](C(=O)OC)[C@H](C)C3)cc(Br)c1O. The lowest BCUT2D eigenvalue weighted by atomic mass is 9.70. The number of carbonyl (C=O) groups excluding carboxylic acids is 3. The number of nitrogens with one attached hydrogen (secondary N) is 1. The van der Waals surface area contributed by atoms with Crippen LogP contribution in [0.2, 0.25) is 0 Å². The minimum atomic E-state index is -0.895. The number of methoxy groups -OCH3 is 1. The number of amides is 1. The smallest absolute Gasteiger partial charge is 0.316 e. The van der Waals surface area contributed by atoms with Crippen molar-refractivity contribution in [3.8, 4) is 11.5 Å². The van der Waals surface area contributed by atoms with E-state index in [2.05, 4.69) is 21.2 Å². The van der Waals surface area contributed by atoms with Crippen LogP contribution in [0.25, 0.3) is 0 Å². The third-order valence-corrected chi connectivity index (χ3v) is 5.81. The summed E-state index contributed by atoms with van der Waals surface area (Å²) in [5.74, 6) is -2.57. The summed E-state index contributed by atoms with van der Waals surface area (Å²) in [6, 6.07) is 3.31. The molecule has 0 spiro atoms. The molecular formula is C20H22BrNO6. The molecule has 0 bridgehead atoms. The van der Waals surface area contributed by atoms with Gasteiger partial charge in [-0.2, -0.15) is 0 Å². The van der Waals surface area contributed by atoms with Crippen molar-refractivity contribution < 1.29 is 29.0 Å². The molecule has 0 aromatic heterocycles. The first-order valence-electron chi connectivity index (χ1n) is 9.08. The highest BCUT2D eigenvalue weighted by atomic mass is 79.9. The monoisotopic (exact) mass is 451 g/mol. The van der Waals surface area contributed by atoms with Gasteiger partial charge in [-0.3, -0.25) is 14.4 Å². The van der Waals surface area contributed by atoms with E-state index in [0.717, 1.165) is 0 Å². The summed E-state index contributed by atoms with van der Waals surface area (Å²) >= 11 is 3.30. The molecule has 2 N–H and O–H groups in total. The van der Waals surface area contributed by atoms with Crippen LogP contribution in [0, 0.1) is 11.8 Å². The van der Waals surface area contributed by atoms with Crippen LogP contribution in [0.1, 0.15) is 38.2 Å². The van der Waals surface area contributed by atoms with E-state index in [-0.39, 0.29) is 35.5 Å². The van der Waals surface area contributed by atoms with Gasteiger partial charge in [-0.15, -0.1) is 0 Å². The maximum Gasteiger partial charge on any atom is 0.316 e. The van der Waals surface area contributed by atoms with E-state index < -0.39 is 17.8 Å². The number of Topliss-reactive ketones (excluding diaryl/α,β-unsaturated/α-hetero) is 1. The molecule has 7 nitrogen and oxygen atoms in total. The summed E-state index contributed by atoms with van der Waals surface area (Å²) in [5, 5.41) is 13.0. The zero-order chi connectivity index (χ0) is 20.6. The van der Waals surface area contributed by atoms with E-state index in [1.165, 1.54) is 7.11 Å².